The third kappa shape index (κ3) is 8.13. The van der Waals surface area contributed by atoms with E-state index in [-0.39, 0.29) is 17.7 Å². The summed E-state index contributed by atoms with van der Waals surface area (Å²) in [5, 5.41) is 17.2. The van der Waals surface area contributed by atoms with E-state index in [4.69, 9.17) is 25.9 Å². The summed E-state index contributed by atoms with van der Waals surface area (Å²) in [5.74, 6) is -1.84. The molecule has 6 rings (SSSR count). The number of piperidine rings is 1. The van der Waals surface area contributed by atoms with Gasteiger partial charge < -0.3 is 30.4 Å². The number of nitrogens with one attached hydrogen (secondary N) is 3. The van der Waals surface area contributed by atoms with Crippen LogP contribution in [0.5, 0.6) is 0 Å². The number of fused-ring (bicyclic) bond motifs is 6. The van der Waals surface area contributed by atoms with Crippen molar-refractivity contribution in [3.8, 4) is 0 Å². The van der Waals surface area contributed by atoms with Gasteiger partial charge in [-0.15, -0.1) is 0 Å². The van der Waals surface area contributed by atoms with Gasteiger partial charge in [0.2, 0.25) is 11.9 Å². The first kappa shape index (κ1) is 32.3. The molecule has 2 amide bonds. The van der Waals surface area contributed by atoms with E-state index in [9.17, 15) is 22.8 Å². The van der Waals surface area contributed by atoms with E-state index in [0.717, 1.165) is 41.0 Å². The van der Waals surface area contributed by atoms with Gasteiger partial charge in [0.05, 0.1) is 12.5 Å². The quantitative estimate of drug-likeness (QED) is 0.196. The van der Waals surface area contributed by atoms with Gasteiger partial charge in [0, 0.05) is 36.1 Å². The third-order valence-corrected chi connectivity index (χ3v) is 7.64. The molecule has 240 valence electrons. The fourth-order valence-electron chi connectivity index (χ4n) is 5.00. The number of alkyl halides is 3. The maximum atomic E-state index is 13.3. The summed E-state index contributed by atoms with van der Waals surface area (Å²) >= 11 is 6.38. The molecule has 0 spiro atoms. The van der Waals surface area contributed by atoms with Gasteiger partial charge in [-0.2, -0.15) is 18.2 Å². The van der Waals surface area contributed by atoms with Crippen molar-refractivity contribution in [2.24, 2.45) is 5.92 Å². The average molecular weight is 657 g/mol. The van der Waals surface area contributed by atoms with Crippen molar-refractivity contribution in [1.29, 1.82) is 0 Å². The van der Waals surface area contributed by atoms with Crippen LogP contribution in [-0.4, -0.2) is 57.0 Å². The monoisotopic (exact) mass is 656 g/mol. The lowest BCUT2D eigenvalue weighted by molar-refractivity contribution is -0.192. The number of carboxylic acid groups (broad SMARTS) is 1. The molecule has 0 saturated carbocycles. The van der Waals surface area contributed by atoms with Crippen molar-refractivity contribution in [3.05, 3.63) is 89.0 Å². The molecule has 4 aromatic rings. The second kappa shape index (κ2) is 13.9. The van der Waals surface area contributed by atoms with Crippen LogP contribution in [0.1, 0.15) is 34.5 Å². The minimum absolute atomic E-state index is 0.0327. The predicted molar refractivity (Wildman–Crippen MR) is 164 cm³/mol. The Morgan fingerprint density at radius 1 is 1.00 bits per heavy atom. The molecule has 15 heteroatoms. The standard InChI is InChI=1S/C29H27ClN6O3.C2HF3O2/c30-23-17-31-29-33-21-4-1-3-18(15-21)6-7-20-16-22(32-26(23)35-29)8-9-24(20)34-27(37)19-10-12-36(13-11-19)28(38)25-5-2-14-39-25;3-2(4,5)1(6)7/h1-5,8-9,14-17,19H,6-7,10-13H2,(H,34,37)(H2,31,32,33,35);(H,6,7). The Morgan fingerprint density at radius 2 is 1.74 bits per heavy atom. The number of aliphatic carboxylic acids is 1. The third-order valence-electron chi connectivity index (χ3n) is 7.36. The fourth-order valence-corrected chi connectivity index (χ4v) is 5.14. The molecular weight excluding hydrogens is 629 g/mol. The minimum atomic E-state index is -5.08. The molecule has 0 atom stereocenters. The first-order valence-corrected chi connectivity index (χ1v) is 14.6. The zero-order valence-electron chi connectivity index (χ0n) is 24.1. The van der Waals surface area contributed by atoms with Crippen molar-refractivity contribution in [1.82, 2.24) is 14.9 Å². The first-order valence-electron chi connectivity index (χ1n) is 14.2. The topological polar surface area (TPSA) is 150 Å². The SMILES string of the molecule is O=C(Nc1ccc2cc1CCc1cccc(c1)Nc1ncc(Cl)c(n1)N2)C1CCN(C(=O)c2ccco2)CC1.O=C(O)C(F)(F)F. The highest BCUT2D eigenvalue weighted by atomic mass is 35.5. The summed E-state index contributed by atoms with van der Waals surface area (Å²) in [6.07, 6.45) is 0.678. The number of aromatic nitrogens is 2. The number of hydrogen-bond donors (Lipinski definition) is 4. The van der Waals surface area contributed by atoms with E-state index in [1.54, 1.807) is 23.2 Å². The summed E-state index contributed by atoms with van der Waals surface area (Å²) in [7, 11) is 0. The highest BCUT2D eigenvalue weighted by molar-refractivity contribution is 6.32. The largest absolute Gasteiger partial charge is 0.490 e. The smallest absolute Gasteiger partial charge is 0.475 e. The molecule has 2 aromatic carbocycles. The number of amides is 2. The van der Waals surface area contributed by atoms with Crippen LogP contribution in [0, 0.1) is 5.92 Å². The lowest BCUT2D eigenvalue weighted by atomic mass is 9.95. The molecule has 2 aromatic heterocycles. The normalized spacial score (nSPS) is 14.6. The van der Waals surface area contributed by atoms with E-state index >= 15 is 0 Å². The molecule has 1 saturated heterocycles. The van der Waals surface area contributed by atoms with Crippen LogP contribution in [0.25, 0.3) is 0 Å². The molecule has 2 aliphatic rings. The maximum Gasteiger partial charge on any atom is 0.490 e. The number of carbonyl (C=O) groups excluding carboxylic acids is 2. The number of hydrogen-bond acceptors (Lipinski definition) is 8. The number of anilines is 5. The number of aryl methyl sites for hydroxylation is 2. The zero-order valence-corrected chi connectivity index (χ0v) is 24.9. The molecular formula is C31H28ClF3N6O5. The van der Waals surface area contributed by atoms with Crippen LogP contribution in [0.2, 0.25) is 5.02 Å². The number of rotatable bonds is 3. The fraction of sp³-hybridized carbons (Fsp3) is 0.258. The van der Waals surface area contributed by atoms with Crippen molar-refractivity contribution >= 4 is 58.2 Å². The molecule has 0 aliphatic carbocycles. The Hall–Kier alpha value is -5.11. The second-order valence-corrected chi connectivity index (χ2v) is 11.0. The molecule has 2 aliphatic heterocycles. The molecule has 4 heterocycles. The van der Waals surface area contributed by atoms with E-state index in [1.165, 1.54) is 6.26 Å². The van der Waals surface area contributed by atoms with Crippen molar-refractivity contribution in [2.45, 2.75) is 31.9 Å². The molecule has 1 fully saturated rings. The summed E-state index contributed by atoms with van der Waals surface area (Å²) in [6, 6.07) is 17.3. The van der Waals surface area contributed by atoms with E-state index in [1.807, 2.05) is 30.3 Å². The average Bonchev–Trinajstić information content (AvgIpc) is 3.57. The van der Waals surface area contributed by atoms with Gasteiger partial charge in [-0.3, -0.25) is 9.59 Å². The number of carbonyl (C=O) groups is 3. The van der Waals surface area contributed by atoms with Gasteiger partial charge in [0.25, 0.3) is 5.91 Å². The molecule has 11 nitrogen and oxygen atoms in total. The number of likely N-dealkylation sites (tertiary alicyclic amines) is 1. The molecule has 6 bridgehead atoms. The molecule has 4 N–H and O–H groups in total. The Labute approximate surface area is 265 Å². The highest BCUT2D eigenvalue weighted by Crippen LogP contribution is 2.30. The number of nitrogens with zero attached hydrogens (tertiary/aromatic N) is 3. The van der Waals surface area contributed by atoms with Crippen LogP contribution >= 0.6 is 11.6 Å². The van der Waals surface area contributed by atoms with Gasteiger partial charge in [-0.05, 0) is 79.3 Å². The molecule has 0 radical (unpaired) electrons. The molecule has 46 heavy (non-hydrogen) atoms. The second-order valence-electron chi connectivity index (χ2n) is 10.5. The Bertz CT molecular complexity index is 1730. The number of halogens is 4. The summed E-state index contributed by atoms with van der Waals surface area (Å²) in [6.45, 7) is 1.03. The van der Waals surface area contributed by atoms with Gasteiger partial charge >= 0.3 is 12.1 Å². The Kier molecular flexibility index (Phi) is 9.75. The van der Waals surface area contributed by atoms with Crippen LogP contribution in [0.4, 0.5) is 42.0 Å². The van der Waals surface area contributed by atoms with Crippen LogP contribution < -0.4 is 16.0 Å². The van der Waals surface area contributed by atoms with Crippen molar-refractivity contribution < 1.29 is 37.1 Å². The first-order chi connectivity index (χ1) is 22.0. The van der Waals surface area contributed by atoms with Gasteiger partial charge in [-0.1, -0.05) is 23.7 Å². The highest BCUT2D eigenvalue weighted by Gasteiger charge is 2.38. The lowest BCUT2D eigenvalue weighted by Crippen LogP contribution is -2.41. The van der Waals surface area contributed by atoms with E-state index in [2.05, 4.69) is 38.1 Å². The maximum absolute atomic E-state index is 13.3. The van der Waals surface area contributed by atoms with Crippen LogP contribution in [0.3, 0.4) is 0 Å². The molecule has 0 unspecified atom stereocenters. The number of benzene rings is 2. The van der Waals surface area contributed by atoms with E-state index in [0.29, 0.717) is 48.5 Å². The minimum Gasteiger partial charge on any atom is -0.475 e. The van der Waals surface area contributed by atoms with Crippen LogP contribution in [0.15, 0.2) is 71.5 Å². The zero-order chi connectivity index (χ0) is 32.8. The summed E-state index contributed by atoms with van der Waals surface area (Å²) < 4.78 is 37.0. The van der Waals surface area contributed by atoms with Crippen molar-refractivity contribution in [3.63, 3.8) is 0 Å². The summed E-state index contributed by atoms with van der Waals surface area (Å²) in [5.41, 5.74) is 4.63. The van der Waals surface area contributed by atoms with Crippen molar-refractivity contribution in [2.75, 3.05) is 29.0 Å². The van der Waals surface area contributed by atoms with Gasteiger partial charge in [-0.25, -0.2) is 9.78 Å². The van der Waals surface area contributed by atoms with Gasteiger partial charge in [0.1, 0.15) is 5.02 Å². The Balaban J connectivity index is 0.000000537. The predicted octanol–water partition coefficient (Wildman–Crippen LogP) is 6.43. The number of furan rings is 1. The van der Waals surface area contributed by atoms with Crippen LogP contribution in [-0.2, 0) is 22.4 Å². The van der Waals surface area contributed by atoms with Gasteiger partial charge in [0.15, 0.2) is 11.6 Å². The Morgan fingerprint density at radius 3 is 2.43 bits per heavy atom. The summed E-state index contributed by atoms with van der Waals surface area (Å²) in [4.78, 5) is 45.3. The number of carboxylic acids is 1. The van der Waals surface area contributed by atoms with E-state index < -0.39 is 12.1 Å². The lowest BCUT2D eigenvalue weighted by Gasteiger charge is -2.31.